The van der Waals surface area contributed by atoms with Crippen LogP contribution in [0.4, 0.5) is 0 Å². The minimum Gasteiger partial charge on any atom is -0.481 e. The summed E-state index contributed by atoms with van der Waals surface area (Å²) >= 11 is 0. The molecule has 1 atom stereocenters. The molecule has 0 bridgehead atoms. The Morgan fingerprint density at radius 1 is 1.75 bits per heavy atom. The molecule has 0 amide bonds. The molecule has 1 unspecified atom stereocenters. The van der Waals surface area contributed by atoms with Gasteiger partial charge in [0.15, 0.2) is 0 Å². The lowest BCUT2D eigenvalue weighted by atomic mass is 9.87. The molecule has 0 heterocycles. The fraction of sp³-hybridized carbons (Fsp3) is 0.667. The van der Waals surface area contributed by atoms with E-state index in [4.69, 9.17) is 10.8 Å². The van der Waals surface area contributed by atoms with E-state index in [1.54, 1.807) is 0 Å². The van der Waals surface area contributed by atoms with Crippen molar-refractivity contribution < 1.29 is 9.90 Å². The molecule has 0 radical (unpaired) electrons. The topological polar surface area (TPSA) is 63.3 Å². The van der Waals surface area contributed by atoms with Gasteiger partial charge in [-0.2, -0.15) is 0 Å². The first-order valence-corrected chi connectivity index (χ1v) is 4.27. The molecule has 3 heteroatoms. The first-order valence-electron chi connectivity index (χ1n) is 4.27. The second-order valence-corrected chi connectivity index (χ2v) is 3.55. The van der Waals surface area contributed by atoms with Crippen molar-refractivity contribution in [2.24, 2.45) is 11.7 Å². The average molecular weight is 169 g/mol. The van der Waals surface area contributed by atoms with Crippen molar-refractivity contribution in [1.82, 2.24) is 0 Å². The summed E-state index contributed by atoms with van der Waals surface area (Å²) in [5.41, 5.74) is 7.44. The number of carboxylic acids is 1. The Balaban J connectivity index is 2.64. The number of nitrogens with two attached hydrogens (primary N) is 1. The quantitative estimate of drug-likeness (QED) is 0.658. The average Bonchev–Trinajstić information content (AvgIpc) is 1.96. The van der Waals surface area contributed by atoms with Gasteiger partial charge in [0.2, 0.25) is 0 Å². The van der Waals surface area contributed by atoms with Crippen molar-refractivity contribution in [3.8, 4) is 0 Å². The van der Waals surface area contributed by atoms with E-state index in [-0.39, 0.29) is 6.42 Å². The van der Waals surface area contributed by atoms with Gasteiger partial charge in [-0.3, -0.25) is 4.79 Å². The molecule has 0 fully saturated rings. The van der Waals surface area contributed by atoms with Crippen LogP contribution < -0.4 is 5.73 Å². The highest BCUT2D eigenvalue weighted by Crippen LogP contribution is 2.28. The van der Waals surface area contributed by atoms with E-state index < -0.39 is 5.97 Å². The maximum absolute atomic E-state index is 10.4. The van der Waals surface area contributed by atoms with E-state index in [1.807, 2.05) is 0 Å². The molecule has 1 rings (SSSR count). The Hall–Kier alpha value is -0.990. The Labute approximate surface area is 72.3 Å². The third kappa shape index (κ3) is 2.26. The highest BCUT2D eigenvalue weighted by atomic mass is 16.4. The van der Waals surface area contributed by atoms with Crippen LogP contribution in [0.2, 0.25) is 0 Å². The SMILES string of the molecule is CC1CCC(N)=C(CC(=O)O)C1. The molecule has 0 spiro atoms. The van der Waals surface area contributed by atoms with Crippen molar-refractivity contribution in [2.45, 2.75) is 32.6 Å². The summed E-state index contributed by atoms with van der Waals surface area (Å²) in [5, 5.41) is 8.58. The standard InChI is InChI=1S/C9H15NO2/c1-6-2-3-8(10)7(4-6)5-9(11)12/h6H,2-5,10H2,1H3,(H,11,12). The zero-order chi connectivity index (χ0) is 9.14. The molecule has 3 nitrogen and oxygen atoms in total. The van der Waals surface area contributed by atoms with E-state index in [1.165, 1.54) is 0 Å². The largest absolute Gasteiger partial charge is 0.481 e. The summed E-state index contributed by atoms with van der Waals surface area (Å²) in [5.74, 6) is -0.186. The van der Waals surface area contributed by atoms with Crippen molar-refractivity contribution in [3.63, 3.8) is 0 Å². The number of carboxylic acid groups (broad SMARTS) is 1. The van der Waals surface area contributed by atoms with Crippen LogP contribution in [0.1, 0.15) is 32.6 Å². The van der Waals surface area contributed by atoms with Gasteiger partial charge in [-0.05, 0) is 30.8 Å². The number of allylic oxidation sites excluding steroid dienone is 1. The van der Waals surface area contributed by atoms with Gasteiger partial charge in [-0.15, -0.1) is 0 Å². The fourth-order valence-corrected chi connectivity index (χ4v) is 1.60. The summed E-state index contributed by atoms with van der Waals surface area (Å²) in [6.07, 6.45) is 2.94. The van der Waals surface area contributed by atoms with Crippen LogP contribution in [0.15, 0.2) is 11.3 Å². The molecule has 0 aromatic carbocycles. The van der Waals surface area contributed by atoms with Crippen LogP contribution in [0.3, 0.4) is 0 Å². The number of hydrogen-bond donors (Lipinski definition) is 2. The minimum absolute atomic E-state index is 0.121. The van der Waals surface area contributed by atoms with Gasteiger partial charge >= 0.3 is 5.97 Å². The molecule has 0 saturated carbocycles. The third-order valence-electron chi connectivity index (χ3n) is 2.32. The van der Waals surface area contributed by atoms with Gasteiger partial charge in [-0.25, -0.2) is 0 Å². The predicted molar refractivity (Wildman–Crippen MR) is 46.5 cm³/mol. The molecule has 0 aromatic rings. The van der Waals surface area contributed by atoms with E-state index in [0.29, 0.717) is 5.92 Å². The number of aliphatic carboxylic acids is 1. The molecule has 1 aliphatic carbocycles. The van der Waals surface area contributed by atoms with E-state index in [2.05, 4.69) is 6.92 Å². The Bertz CT molecular complexity index is 221. The predicted octanol–water partition coefficient (Wildman–Crippen LogP) is 1.49. The van der Waals surface area contributed by atoms with Crippen LogP contribution in [-0.2, 0) is 4.79 Å². The summed E-state index contributed by atoms with van der Waals surface area (Å²) in [7, 11) is 0. The zero-order valence-corrected chi connectivity index (χ0v) is 7.34. The van der Waals surface area contributed by atoms with E-state index in [0.717, 1.165) is 30.5 Å². The van der Waals surface area contributed by atoms with Crippen LogP contribution in [0, 0.1) is 5.92 Å². The molecule has 0 saturated heterocycles. The lowest BCUT2D eigenvalue weighted by Gasteiger charge is -2.21. The van der Waals surface area contributed by atoms with Crippen LogP contribution in [-0.4, -0.2) is 11.1 Å². The number of rotatable bonds is 2. The second kappa shape index (κ2) is 3.61. The third-order valence-corrected chi connectivity index (χ3v) is 2.32. The van der Waals surface area contributed by atoms with Gasteiger partial charge in [0, 0.05) is 5.70 Å². The van der Waals surface area contributed by atoms with Crippen molar-refractivity contribution in [3.05, 3.63) is 11.3 Å². The summed E-state index contributed by atoms with van der Waals surface area (Å²) in [4.78, 5) is 10.4. The van der Waals surface area contributed by atoms with Crippen molar-refractivity contribution in [2.75, 3.05) is 0 Å². The lowest BCUT2D eigenvalue weighted by Crippen LogP contribution is -2.15. The smallest absolute Gasteiger partial charge is 0.307 e. The van der Waals surface area contributed by atoms with Gasteiger partial charge in [0.25, 0.3) is 0 Å². The molecule has 68 valence electrons. The van der Waals surface area contributed by atoms with Crippen molar-refractivity contribution in [1.29, 1.82) is 0 Å². The summed E-state index contributed by atoms with van der Waals surface area (Å²) < 4.78 is 0. The highest BCUT2D eigenvalue weighted by molar-refractivity contribution is 5.70. The monoisotopic (exact) mass is 169 g/mol. The Morgan fingerprint density at radius 2 is 2.42 bits per heavy atom. The second-order valence-electron chi connectivity index (χ2n) is 3.55. The minimum atomic E-state index is -0.776. The maximum atomic E-state index is 10.4. The number of carbonyl (C=O) groups is 1. The Kier molecular flexibility index (Phi) is 2.74. The molecular formula is C9H15NO2. The van der Waals surface area contributed by atoms with Crippen LogP contribution in [0.5, 0.6) is 0 Å². The Morgan fingerprint density at radius 3 is 3.00 bits per heavy atom. The number of hydrogen-bond acceptors (Lipinski definition) is 2. The normalized spacial score (nSPS) is 24.2. The summed E-state index contributed by atoms with van der Waals surface area (Å²) in [6, 6.07) is 0. The first-order chi connectivity index (χ1) is 5.59. The van der Waals surface area contributed by atoms with Gasteiger partial charge in [0.05, 0.1) is 6.42 Å². The lowest BCUT2D eigenvalue weighted by molar-refractivity contribution is -0.136. The summed E-state index contributed by atoms with van der Waals surface area (Å²) in [6.45, 7) is 2.13. The van der Waals surface area contributed by atoms with Gasteiger partial charge in [-0.1, -0.05) is 6.92 Å². The molecule has 12 heavy (non-hydrogen) atoms. The molecule has 0 aromatic heterocycles. The maximum Gasteiger partial charge on any atom is 0.307 e. The van der Waals surface area contributed by atoms with E-state index in [9.17, 15) is 4.79 Å². The van der Waals surface area contributed by atoms with Gasteiger partial charge in [0.1, 0.15) is 0 Å². The molecule has 1 aliphatic rings. The molecule has 0 aliphatic heterocycles. The van der Waals surface area contributed by atoms with Crippen LogP contribution in [0.25, 0.3) is 0 Å². The fourth-order valence-electron chi connectivity index (χ4n) is 1.60. The van der Waals surface area contributed by atoms with Crippen LogP contribution >= 0.6 is 0 Å². The molecule has 3 N–H and O–H groups in total. The zero-order valence-electron chi connectivity index (χ0n) is 7.34. The van der Waals surface area contributed by atoms with E-state index >= 15 is 0 Å². The van der Waals surface area contributed by atoms with Gasteiger partial charge < -0.3 is 10.8 Å². The molecular weight excluding hydrogens is 154 g/mol. The van der Waals surface area contributed by atoms with Crippen molar-refractivity contribution >= 4 is 5.97 Å². The first kappa shape index (κ1) is 9.10. The highest BCUT2D eigenvalue weighted by Gasteiger charge is 2.17.